The van der Waals surface area contributed by atoms with Crippen molar-refractivity contribution in [1.29, 1.82) is 0 Å². The second-order valence-electron chi connectivity index (χ2n) is 5.21. The molecule has 3 rings (SSSR count). The molecule has 0 atom stereocenters. The van der Waals surface area contributed by atoms with Gasteiger partial charge < -0.3 is 14.4 Å². The molecule has 0 aliphatic carbocycles. The zero-order chi connectivity index (χ0) is 15.5. The Morgan fingerprint density at radius 1 is 1.18 bits per heavy atom. The number of carbonyl (C=O) groups excluding carboxylic acids is 1. The van der Waals surface area contributed by atoms with Crippen LogP contribution in [-0.2, 0) is 7.05 Å². The van der Waals surface area contributed by atoms with Crippen LogP contribution in [0.1, 0.15) is 10.4 Å². The molecule has 7 heteroatoms. The van der Waals surface area contributed by atoms with Crippen molar-refractivity contribution < 1.29 is 4.79 Å². The van der Waals surface area contributed by atoms with Crippen LogP contribution in [-0.4, -0.2) is 51.5 Å². The van der Waals surface area contributed by atoms with Crippen molar-refractivity contribution in [2.75, 3.05) is 31.1 Å². The van der Waals surface area contributed by atoms with Crippen molar-refractivity contribution in [2.24, 2.45) is 7.05 Å². The van der Waals surface area contributed by atoms with E-state index in [9.17, 15) is 9.59 Å². The van der Waals surface area contributed by atoms with Gasteiger partial charge in [-0.05, 0) is 6.07 Å². The second kappa shape index (κ2) is 5.97. The molecule has 1 amide bonds. The van der Waals surface area contributed by atoms with Gasteiger partial charge in [0.2, 0.25) is 0 Å². The van der Waals surface area contributed by atoms with E-state index in [2.05, 4.69) is 14.9 Å². The quantitative estimate of drug-likeness (QED) is 0.789. The second-order valence-corrected chi connectivity index (χ2v) is 5.21. The number of nitrogens with zero attached hydrogens (tertiary/aromatic N) is 5. The molecular formula is C15H17N5O2. The van der Waals surface area contributed by atoms with E-state index in [0.717, 1.165) is 5.82 Å². The molecule has 0 bridgehead atoms. The minimum atomic E-state index is -0.177. The van der Waals surface area contributed by atoms with Crippen LogP contribution in [0.4, 0.5) is 5.82 Å². The number of carbonyl (C=O) groups is 1. The van der Waals surface area contributed by atoms with Gasteiger partial charge >= 0.3 is 0 Å². The number of rotatable bonds is 2. The standard InChI is InChI=1S/C15H17N5O2/c1-18-5-2-12(10-14(18)21)15(22)20-8-6-19(7-9-20)13-11-16-3-4-17-13/h2-5,10-11H,6-9H2,1H3. The lowest BCUT2D eigenvalue weighted by Gasteiger charge is -2.35. The molecule has 22 heavy (non-hydrogen) atoms. The Morgan fingerprint density at radius 3 is 2.59 bits per heavy atom. The number of anilines is 1. The van der Waals surface area contributed by atoms with Gasteiger partial charge in [0.15, 0.2) is 0 Å². The molecule has 1 fully saturated rings. The van der Waals surface area contributed by atoms with E-state index in [0.29, 0.717) is 31.7 Å². The number of aromatic nitrogens is 3. The van der Waals surface area contributed by atoms with Crippen molar-refractivity contribution >= 4 is 11.7 Å². The third-order valence-corrected chi connectivity index (χ3v) is 3.79. The zero-order valence-electron chi connectivity index (χ0n) is 12.3. The smallest absolute Gasteiger partial charge is 0.254 e. The van der Waals surface area contributed by atoms with Crippen LogP contribution in [0.15, 0.2) is 41.7 Å². The molecule has 0 unspecified atom stereocenters. The van der Waals surface area contributed by atoms with Crippen LogP contribution in [0.2, 0.25) is 0 Å². The van der Waals surface area contributed by atoms with E-state index < -0.39 is 0 Å². The Balaban J connectivity index is 1.67. The van der Waals surface area contributed by atoms with Crippen LogP contribution in [0.3, 0.4) is 0 Å². The van der Waals surface area contributed by atoms with Crippen LogP contribution >= 0.6 is 0 Å². The average Bonchev–Trinajstić information content (AvgIpc) is 2.58. The summed E-state index contributed by atoms with van der Waals surface area (Å²) in [6.45, 7) is 2.61. The third kappa shape index (κ3) is 2.83. The van der Waals surface area contributed by atoms with Gasteiger partial charge in [0.25, 0.3) is 11.5 Å². The Hall–Kier alpha value is -2.70. The summed E-state index contributed by atoms with van der Waals surface area (Å²) in [4.78, 5) is 36.3. The third-order valence-electron chi connectivity index (χ3n) is 3.79. The van der Waals surface area contributed by atoms with Gasteiger partial charge in [-0.2, -0.15) is 0 Å². The molecule has 0 aromatic carbocycles. The van der Waals surface area contributed by atoms with Crippen molar-refractivity contribution in [3.05, 3.63) is 52.8 Å². The molecule has 0 spiro atoms. The summed E-state index contributed by atoms with van der Waals surface area (Å²) in [5, 5.41) is 0. The maximum atomic E-state index is 12.4. The largest absolute Gasteiger partial charge is 0.352 e. The molecule has 1 aliphatic heterocycles. The van der Waals surface area contributed by atoms with Crippen molar-refractivity contribution in [3.8, 4) is 0 Å². The number of aryl methyl sites for hydroxylation is 1. The topological polar surface area (TPSA) is 71.3 Å². The summed E-state index contributed by atoms with van der Waals surface area (Å²) >= 11 is 0. The molecular weight excluding hydrogens is 282 g/mol. The van der Waals surface area contributed by atoms with Gasteiger partial charge in [0, 0.05) is 63.4 Å². The molecule has 0 N–H and O–H groups in total. The molecule has 2 aromatic rings. The predicted molar refractivity (Wildman–Crippen MR) is 81.8 cm³/mol. The Kier molecular flexibility index (Phi) is 3.86. The van der Waals surface area contributed by atoms with Gasteiger partial charge in [-0.3, -0.25) is 14.6 Å². The molecule has 1 aliphatic rings. The van der Waals surface area contributed by atoms with Gasteiger partial charge in [-0.25, -0.2) is 4.98 Å². The normalized spacial score (nSPS) is 15.0. The summed E-state index contributed by atoms with van der Waals surface area (Å²) in [6, 6.07) is 3.07. The number of amides is 1. The van der Waals surface area contributed by atoms with Gasteiger partial charge in [0.05, 0.1) is 6.20 Å². The number of pyridine rings is 1. The highest BCUT2D eigenvalue weighted by Crippen LogP contribution is 2.13. The van der Waals surface area contributed by atoms with E-state index in [1.807, 2.05) is 0 Å². The SMILES string of the molecule is Cn1ccc(C(=O)N2CCN(c3cnccn3)CC2)cc1=O. The summed E-state index contributed by atoms with van der Waals surface area (Å²) in [5.74, 6) is 0.722. The van der Waals surface area contributed by atoms with Crippen LogP contribution in [0, 0.1) is 0 Å². The van der Waals surface area contributed by atoms with Gasteiger partial charge in [0.1, 0.15) is 5.82 Å². The predicted octanol–water partition coefficient (Wildman–Crippen LogP) is 0.138. The van der Waals surface area contributed by atoms with Gasteiger partial charge in [-0.1, -0.05) is 0 Å². The lowest BCUT2D eigenvalue weighted by Crippen LogP contribution is -2.49. The molecule has 2 aromatic heterocycles. The van der Waals surface area contributed by atoms with Crippen LogP contribution in [0.25, 0.3) is 0 Å². The zero-order valence-corrected chi connectivity index (χ0v) is 12.3. The minimum absolute atomic E-state index is 0.100. The summed E-state index contributed by atoms with van der Waals surface area (Å²) < 4.78 is 1.45. The van der Waals surface area contributed by atoms with Crippen molar-refractivity contribution in [3.63, 3.8) is 0 Å². The first-order valence-electron chi connectivity index (χ1n) is 7.12. The van der Waals surface area contributed by atoms with Crippen LogP contribution in [0.5, 0.6) is 0 Å². The maximum absolute atomic E-state index is 12.4. The van der Waals surface area contributed by atoms with Gasteiger partial charge in [-0.15, -0.1) is 0 Å². The number of hydrogen-bond donors (Lipinski definition) is 0. The van der Waals surface area contributed by atoms with E-state index >= 15 is 0 Å². The highest BCUT2D eigenvalue weighted by molar-refractivity contribution is 5.94. The Morgan fingerprint density at radius 2 is 1.95 bits per heavy atom. The first kappa shape index (κ1) is 14.2. The monoisotopic (exact) mass is 299 g/mol. The molecule has 7 nitrogen and oxygen atoms in total. The highest BCUT2D eigenvalue weighted by atomic mass is 16.2. The summed E-state index contributed by atoms with van der Waals surface area (Å²) in [7, 11) is 1.66. The lowest BCUT2D eigenvalue weighted by atomic mass is 10.2. The van der Waals surface area contributed by atoms with Crippen LogP contribution < -0.4 is 10.5 Å². The number of piperazine rings is 1. The number of hydrogen-bond acceptors (Lipinski definition) is 5. The molecule has 114 valence electrons. The molecule has 0 saturated carbocycles. The molecule has 1 saturated heterocycles. The molecule has 0 radical (unpaired) electrons. The Labute approximate surface area is 127 Å². The lowest BCUT2D eigenvalue weighted by molar-refractivity contribution is 0.0746. The highest BCUT2D eigenvalue weighted by Gasteiger charge is 2.23. The van der Waals surface area contributed by atoms with E-state index in [1.54, 1.807) is 42.8 Å². The van der Waals surface area contributed by atoms with E-state index in [1.165, 1.54) is 10.6 Å². The first-order valence-corrected chi connectivity index (χ1v) is 7.12. The maximum Gasteiger partial charge on any atom is 0.254 e. The fourth-order valence-electron chi connectivity index (χ4n) is 2.46. The van der Waals surface area contributed by atoms with Crippen molar-refractivity contribution in [2.45, 2.75) is 0 Å². The average molecular weight is 299 g/mol. The van der Waals surface area contributed by atoms with E-state index in [-0.39, 0.29) is 11.5 Å². The minimum Gasteiger partial charge on any atom is -0.352 e. The van der Waals surface area contributed by atoms with Crippen molar-refractivity contribution in [1.82, 2.24) is 19.4 Å². The summed E-state index contributed by atoms with van der Waals surface area (Å²) in [5.41, 5.74) is 0.264. The van der Waals surface area contributed by atoms with E-state index in [4.69, 9.17) is 0 Å². The molecule has 3 heterocycles. The fourth-order valence-corrected chi connectivity index (χ4v) is 2.46. The summed E-state index contributed by atoms with van der Waals surface area (Å²) in [6.07, 6.45) is 6.63. The fraction of sp³-hybridized carbons (Fsp3) is 0.333. The Bertz CT molecular complexity index is 720. The first-order chi connectivity index (χ1) is 10.6.